The minimum atomic E-state index is -1.13. The quantitative estimate of drug-likeness (QED) is 0.291. The maximum atomic E-state index is 11.3. The van der Waals surface area contributed by atoms with Gasteiger partial charge in [-0.1, -0.05) is 90.4 Å². The van der Waals surface area contributed by atoms with Crippen LogP contribution >= 0.6 is 0 Å². The number of aromatic carboxylic acids is 2. The second kappa shape index (κ2) is 13.6. The fraction of sp³-hybridized carbons (Fsp3) is 0. The van der Waals surface area contributed by atoms with Crippen molar-refractivity contribution in [3.63, 3.8) is 0 Å². The Bertz CT molecular complexity index is 1880. The molecule has 0 saturated heterocycles. The maximum Gasteiger partial charge on any atom is 3.00 e. The SMILES string of the molecule is N#Cc1ccc([O-])c2ccccc12.O=C(O)c1ccc2cccc([O-])c2n1.O=C(O)c1ccc2cccc([O-])c2n1.[Al+3]. The van der Waals surface area contributed by atoms with Gasteiger partial charge in [0.25, 0.3) is 0 Å². The third-order valence-corrected chi connectivity index (χ3v) is 5.81. The summed E-state index contributed by atoms with van der Waals surface area (Å²) in [4.78, 5) is 28.7. The first-order valence-corrected chi connectivity index (χ1v) is 11.9. The Morgan fingerprint density at radius 2 is 1.07 bits per heavy atom. The fourth-order valence-corrected chi connectivity index (χ4v) is 3.85. The molecular formula is C31H18AlN3O7. The molecular weight excluding hydrogens is 553 g/mol. The minimum absolute atomic E-state index is 0. The zero-order chi connectivity index (χ0) is 29.5. The third-order valence-electron chi connectivity index (χ3n) is 5.81. The molecule has 2 heterocycles. The van der Waals surface area contributed by atoms with Gasteiger partial charge in [0, 0.05) is 0 Å². The first-order valence-electron chi connectivity index (χ1n) is 11.9. The number of pyridine rings is 2. The predicted molar refractivity (Wildman–Crippen MR) is 150 cm³/mol. The Labute approximate surface area is 249 Å². The summed E-state index contributed by atoms with van der Waals surface area (Å²) in [6.45, 7) is 0. The van der Waals surface area contributed by atoms with Gasteiger partial charge in [-0.25, -0.2) is 19.6 Å². The van der Waals surface area contributed by atoms with Crippen molar-refractivity contribution in [3.8, 4) is 23.3 Å². The molecule has 0 atom stereocenters. The molecule has 0 amide bonds. The number of para-hydroxylation sites is 2. The summed E-state index contributed by atoms with van der Waals surface area (Å²) in [6, 6.07) is 27.5. The number of nitriles is 1. The molecule has 2 N–H and O–H groups in total. The Morgan fingerprint density at radius 1 is 0.595 bits per heavy atom. The maximum absolute atomic E-state index is 11.3. The van der Waals surface area contributed by atoms with E-state index in [1.165, 1.54) is 30.3 Å². The van der Waals surface area contributed by atoms with Crippen molar-refractivity contribution in [2.24, 2.45) is 0 Å². The number of carboxylic acids is 2. The molecule has 6 rings (SSSR count). The molecule has 0 fully saturated rings. The topological polar surface area (TPSA) is 193 Å². The predicted octanol–water partition coefficient (Wildman–Crippen LogP) is 3.42. The molecule has 0 radical (unpaired) electrons. The summed E-state index contributed by atoms with van der Waals surface area (Å²) in [5, 5.41) is 62.7. The Hall–Kier alpha value is -5.68. The van der Waals surface area contributed by atoms with Crippen LogP contribution in [0.5, 0.6) is 17.2 Å². The van der Waals surface area contributed by atoms with Gasteiger partial charge < -0.3 is 25.5 Å². The van der Waals surface area contributed by atoms with Gasteiger partial charge in [0.2, 0.25) is 0 Å². The Kier molecular flexibility index (Phi) is 9.99. The van der Waals surface area contributed by atoms with Gasteiger partial charge >= 0.3 is 29.3 Å². The molecule has 0 spiro atoms. The van der Waals surface area contributed by atoms with Crippen LogP contribution in [0.3, 0.4) is 0 Å². The van der Waals surface area contributed by atoms with Crippen LogP contribution in [-0.2, 0) is 0 Å². The zero-order valence-corrected chi connectivity index (χ0v) is 22.7. The summed E-state index contributed by atoms with van der Waals surface area (Å²) >= 11 is 0. The number of carbonyl (C=O) groups is 2. The summed E-state index contributed by atoms with van der Waals surface area (Å²) in [5.41, 5.74) is 0.733. The van der Waals surface area contributed by atoms with E-state index in [0.717, 1.165) is 5.39 Å². The van der Waals surface area contributed by atoms with Gasteiger partial charge in [-0.3, -0.25) is 0 Å². The minimum Gasteiger partial charge on any atom is -0.872 e. The number of hydrogen-bond acceptors (Lipinski definition) is 8. The molecule has 42 heavy (non-hydrogen) atoms. The van der Waals surface area contributed by atoms with Crippen molar-refractivity contribution < 1.29 is 35.1 Å². The third kappa shape index (κ3) is 6.90. The van der Waals surface area contributed by atoms with E-state index >= 15 is 0 Å². The largest absolute Gasteiger partial charge is 3.00 e. The second-order valence-electron chi connectivity index (χ2n) is 8.43. The van der Waals surface area contributed by atoms with Gasteiger partial charge in [-0.2, -0.15) is 5.26 Å². The van der Waals surface area contributed by atoms with E-state index in [9.17, 15) is 24.9 Å². The summed E-state index contributed by atoms with van der Waals surface area (Å²) in [5.74, 6) is -2.81. The van der Waals surface area contributed by atoms with Crippen LogP contribution < -0.4 is 15.3 Å². The molecule has 0 unspecified atom stereocenters. The van der Waals surface area contributed by atoms with E-state index in [1.54, 1.807) is 60.7 Å². The average molecular weight is 571 g/mol. The first kappa shape index (κ1) is 30.9. The van der Waals surface area contributed by atoms with Crippen molar-refractivity contribution in [3.05, 3.63) is 114 Å². The number of hydrogen-bond donors (Lipinski definition) is 2. The smallest absolute Gasteiger partial charge is 0.872 e. The molecule has 0 aliphatic rings. The number of aromatic nitrogens is 2. The number of fused-ring (bicyclic) bond motifs is 3. The first-order chi connectivity index (χ1) is 19.7. The molecule has 0 aliphatic carbocycles. The van der Waals surface area contributed by atoms with E-state index in [4.69, 9.17) is 15.5 Å². The molecule has 0 bridgehead atoms. The zero-order valence-electron chi connectivity index (χ0n) is 21.6. The van der Waals surface area contributed by atoms with Crippen LogP contribution in [0.15, 0.2) is 97.1 Å². The van der Waals surface area contributed by atoms with E-state index in [0.29, 0.717) is 21.7 Å². The van der Waals surface area contributed by atoms with Crippen LogP contribution in [0.1, 0.15) is 26.5 Å². The van der Waals surface area contributed by atoms with Gasteiger partial charge in [0.15, 0.2) is 0 Å². The molecule has 0 saturated carbocycles. The normalized spacial score (nSPS) is 9.88. The van der Waals surface area contributed by atoms with Gasteiger partial charge in [-0.15, -0.1) is 5.75 Å². The van der Waals surface area contributed by atoms with Crippen LogP contribution in [0.25, 0.3) is 32.6 Å². The van der Waals surface area contributed by atoms with E-state index in [-0.39, 0.29) is 57.0 Å². The van der Waals surface area contributed by atoms with Crippen LogP contribution in [0.4, 0.5) is 0 Å². The summed E-state index contributed by atoms with van der Waals surface area (Å²) < 4.78 is 0. The van der Waals surface area contributed by atoms with E-state index in [1.807, 2.05) is 6.07 Å². The molecule has 11 heteroatoms. The monoisotopic (exact) mass is 571 g/mol. The second-order valence-corrected chi connectivity index (χ2v) is 8.43. The summed E-state index contributed by atoms with van der Waals surface area (Å²) in [7, 11) is 0. The van der Waals surface area contributed by atoms with Crippen LogP contribution in [0.2, 0.25) is 0 Å². The molecule has 202 valence electrons. The number of nitrogens with zero attached hydrogens (tertiary/aromatic N) is 3. The fourth-order valence-electron chi connectivity index (χ4n) is 3.85. The number of benzene rings is 4. The van der Waals surface area contributed by atoms with E-state index in [2.05, 4.69) is 16.0 Å². The van der Waals surface area contributed by atoms with Crippen molar-refractivity contribution in [1.82, 2.24) is 9.97 Å². The molecule has 0 aliphatic heterocycles. The van der Waals surface area contributed by atoms with Crippen LogP contribution in [0, 0.1) is 11.3 Å². The summed E-state index contributed by atoms with van der Waals surface area (Å²) in [6.07, 6.45) is 0. The Morgan fingerprint density at radius 3 is 1.52 bits per heavy atom. The Balaban J connectivity index is 0.000000171. The van der Waals surface area contributed by atoms with Crippen molar-refractivity contribution in [1.29, 1.82) is 5.26 Å². The van der Waals surface area contributed by atoms with Gasteiger partial charge in [0.05, 0.1) is 22.7 Å². The molecule has 2 aromatic heterocycles. The van der Waals surface area contributed by atoms with E-state index < -0.39 is 11.9 Å². The van der Waals surface area contributed by atoms with Crippen molar-refractivity contribution in [2.45, 2.75) is 0 Å². The average Bonchev–Trinajstić information content (AvgIpc) is 2.98. The standard InChI is InChI=1S/C11H7NO.2C10H7NO3.Al/c12-7-8-5-6-11(13)10-4-2-1-3-9(8)10;2*12-8-3-1-2-6-4-5-7(10(13)14)11-9(6)8;/h1-6,13H;2*1-5,12H,(H,13,14);/q;;;+3/p-3. The van der Waals surface area contributed by atoms with Gasteiger partial charge in [0.1, 0.15) is 11.4 Å². The number of rotatable bonds is 2. The van der Waals surface area contributed by atoms with Crippen LogP contribution in [-0.4, -0.2) is 49.5 Å². The molecule has 4 aromatic carbocycles. The van der Waals surface area contributed by atoms with Gasteiger partial charge in [-0.05, 0) is 39.7 Å². The molecule has 6 aromatic rings. The van der Waals surface area contributed by atoms with Crippen molar-refractivity contribution >= 4 is 61.9 Å². The molecule has 10 nitrogen and oxygen atoms in total. The number of carboxylic acid groups (broad SMARTS) is 2. The van der Waals surface area contributed by atoms with Crippen molar-refractivity contribution in [2.75, 3.05) is 0 Å².